The third kappa shape index (κ3) is 3.52. The molecule has 23 heavy (non-hydrogen) atoms. The maximum Gasteiger partial charge on any atom is 0.114 e. The summed E-state index contributed by atoms with van der Waals surface area (Å²) in [5.41, 5.74) is 5.84. The number of hydrogen-bond donors (Lipinski definition) is 0. The Bertz CT molecular complexity index is 774. The Labute approximate surface area is 137 Å². The summed E-state index contributed by atoms with van der Waals surface area (Å²) in [5.74, 6) is 0. The number of hydrogen-bond acceptors (Lipinski definition) is 3. The van der Waals surface area contributed by atoms with Crippen LogP contribution in [0.2, 0.25) is 0 Å². The van der Waals surface area contributed by atoms with E-state index in [4.69, 9.17) is 0 Å². The predicted octanol–water partition coefficient (Wildman–Crippen LogP) is 4.18. The molecule has 0 saturated heterocycles. The monoisotopic (exact) mass is 308 g/mol. The fourth-order valence-electron chi connectivity index (χ4n) is 2.77. The van der Waals surface area contributed by atoms with Gasteiger partial charge in [0.2, 0.25) is 0 Å². The molecule has 3 aromatic rings. The van der Waals surface area contributed by atoms with Crippen LogP contribution in [0.4, 0.5) is 5.69 Å². The van der Waals surface area contributed by atoms with Crippen LogP contribution >= 0.6 is 0 Å². The van der Waals surface area contributed by atoms with Gasteiger partial charge in [-0.05, 0) is 55.2 Å². The normalized spacial score (nSPS) is 11.1. The maximum atomic E-state index is 4.28. The molecule has 4 heteroatoms. The fraction of sp³-hybridized carbons (Fsp3) is 0.368. The van der Waals surface area contributed by atoms with Crippen LogP contribution in [0.5, 0.6) is 0 Å². The van der Waals surface area contributed by atoms with Crippen LogP contribution in [0.15, 0.2) is 42.5 Å². The fourth-order valence-corrected chi connectivity index (χ4v) is 2.77. The average molecular weight is 308 g/mol. The molecule has 0 bridgehead atoms. The van der Waals surface area contributed by atoms with Crippen LogP contribution in [0.1, 0.15) is 30.9 Å². The summed E-state index contributed by atoms with van der Waals surface area (Å²) in [6.45, 7) is 4.99. The van der Waals surface area contributed by atoms with E-state index < -0.39 is 0 Å². The topological polar surface area (TPSA) is 34.0 Å². The number of benzene rings is 2. The molecule has 0 aliphatic heterocycles. The number of rotatable bonds is 6. The van der Waals surface area contributed by atoms with E-state index in [2.05, 4.69) is 78.6 Å². The summed E-state index contributed by atoms with van der Waals surface area (Å²) in [4.78, 5) is 2.19. The number of unbranched alkanes of at least 4 members (excludes halogenated alkanes) is 1. The van der Waals surface area contributed by atoms with Crippen LogP contribution in [0.3, 0.4) is 0 Å². The minimum absolute atomic E-state index is 0.688. The van der Waals surface area contributed by atoms with Gasteiger partial charge in [-0.15, -0.1) is 5.10 Å². The van der Waals surface area contributed by atoms with Crippen molar-refractivity contribution < 1.29 is 0 Å². The van der Waals surface area contributed by atoms with Gasteiger partial charge in [0.1, 0.15) is 12.2 Å². The van der Waals surface area contributed by atoms with E-state index in [1.165, 1.54) is 29.7 Å². The van der Waals surface area contributed by atoms with Gasteiger partial charge in [-0.25, -0.2) is 4.68 Å². The first kappa shape index (κ1) is 15.5. The lowest BCUT2D eigenvalue weighted by Crippen LogP contribution is -2.22. The Morgan fingerprint density at radius 1 is 1.09 bits per heavy atom. The van der Waals surface area contributed by atoms with Crippen LogP contribution in [-0.2, 0) is 13.1 Å². The molecule has 1 aromatic heterocycles. The lowest BCUT2D eigenvalue weighted by atomic mass is 10.1. The van der Waals surface area contributed by atoms with Gasteiger partial charge in [0.05, 0.1) is 5.52 Å². The van der Waals surface area contributed by atoms with Gasteiger partial charge in [0.15, 0.2) is 0 Å². The van der Waals surface area contributed by atoms with Crippen molar-refractivity contribution in [2.75, 3.05) is 11.9 Å². The summed E-state index contributed by atoms with van der Waals surface area (Å²) < 4.78 is 1.94. The Morgan fingerprint density at radius 2 is 1.87 bits per heavy atom. The molecule has 0 aliphatic rings. The molecule has 0 aliphatic carbocycles. The molecular formula is C19H24N4. The molecule has 0 saturated carbocycles. The van der Waals surface area contributed by atoms with Crippen molar-refractivity contribution in [3.63, 3.8) is 0 Å². The third-order valence-corrected chi connectivity index (χ3v) is 4.21. The molecule has 0 fully saturated rings. The molecule has 0 unspecified atom stereocenters. The Hall–Kier alpha value is -2.36. The van der Waals surface area contributed by atoms with Gasteiger partial charge in [0, 0.05) is 12.7 Å². The molecule has 1 heterocycles. The number of aryl methyl sites for hydroxylation is 2. The minimum atomic E-state index is 0.688. The second kappa shape index (κ2) is 6.82. The number of aromatic nitrogens is 3. The van der Waals surface area contributed by atoms with Gasteiger partial charge in [0.25, 0.3) is 0 Å². The summed E-state index contributed by atoms with van der Waals surface area (Å²) in [5, 5.41) is 8.55. The van der Waals surface area contributed by atoms with Gasteiger partial charge in [-0.3, -0.25) is 0 Å². The van der Waals surface area contributed by atoms with Crippen molar-refractivity contribution in [1.82, 2.24) is 15.0 Å². The molecule has 0 amide bonds. The van der Waals surface area contributed by atoms with Crippen molar-refractivity contribution in [3.05, 3.63) is 53.6 Å². The zero-order chi connectivity index (χ0) is 16.2. The van der Waals surface area contributed by atoms with Crippen LogP contribution in [-0.4, -0.2) is 22.0 Å². The highest BCUT2D eigenvalue weighted by atomic mass is 15.5. The molecule has 4 nitrogen and oxygen atoms in total. The highest BCUT2D eigenvalue weighted by molar-refractivity contribution is 5.75. The first-order valence-corrected chi connectivity index (χ1v) is 8.27. The minimum Gasteiger partial charge on any atom is -0.355 e. The van der Waals surface area contributed by atoms with E-state index in [-0.39, 0.29) is 0 Å². The molecule has 3 rings (SSSR count). The predicted molar refractivity (Wildman–Crippen MR) is 95.7 cm³/mol. The number of anilines is 1. The molecule has 0 radical (unpaired) electrons. The Morgan fingerprint density at radius 3 is 2.61 bits per heavy atom. The van der Waals surface area contributed by atoms with Gasteiger partial charge in [-0.1, -0.05) is 36.8 Å². The number of nitrogens with zero attached hydrogens (tertiary/aromatic N) is 4. The average Bonchev–Trinajstić information content (AvgIpc) is 2.95. The van der Waals surface area contributed by atoms with E-state index in [9.17, 15) is 0 Å². The quantitative estimate of drug-likeness (QED) is 0.685. The molecular weight excluding hydrogens is 284 g/mol. The smallest absolute Gasteiger partial charge is 0.114 e. The summed E-state index contributed by atoms with van der Waals surface area (Å²) in [6.07, 6.45) is 3.65. The molecule has 0 atom stereocenters. The van der Waals surface area contributed by atoms with Crippen molar-refractivity contribution in [2.45, 2.75) is 39.8 Å². The summed E-state index contributed by atoms with van der Waals surface area (Å²) in [7, 11) is 2.09. The zero-order valence-electron chi connectivity index (χ0n) is 14.2. The zero-order valence-corrected chi connectivity index (χ0v) is 14.2. The standard InChI is InChI=1S/C19H24N4/c1-4-5-6-16-8-10-17(11-9-16)22(3)14-23-19-12-7-15(2)13-18(19)20-21-23/h7-13H,4-6,14H2,1-3H3. The van der Waals surface area contributed by atoms with Crippen molar-refractivity contribution in [3.8, 4) is 0 Å². The summed E-state index contributed by atoms with van der Waals surface area (Å²) >= 11 is 0. The Balaban J connectivity index is 1.73. The number of fused-ring (bicyclic) bond motifs is 1. The Kier molecular flexibility index (Phi) is 4.60. The van der Waals surface area contributed by atoms with E-state index in [1.807, 2.05) is 4.68 Å². The van der Waals surface area contributed by atoms with E-state index in [0.717, 1.165) is 17.5 Å². The van der Waals surface area contributed by atoms with Crippen molar-refractivity contribution >= 4 is 16.7 Å². The lowest BCUT2D eigenvalue weighted by molar-refractivity contribution is 0.600. The second-order valence-corrected chi connectivity index (χ2v) is 6.19. The van der Waals surface area contributed by atoms with E-state index >= 15 is 0 Å². The van der Waals surface area contributed by atoms with Gasteiger partial charge < -0.3 is 4.90 Å². The van der Waals surface area contributed by atoms with Crippen LogP contribution < -0.4 is 4.90 Å². The third-order valence-electron chi connectivity index (χ3n) is 4.21. The largest absolute Gasteiger partial charge is 0.355 e. The first-order chi connectivity index (χ1) is 11.2. The maximum absolute atomic E-state index is 4.28. The molecule has 0 N–H and O–H groups in total. The molecule has 2 aromatic carbocycles. The van der Waals surface area contributed by atoms with E-state index in [1.54, 1.807) is 0 Å². The SMILES string of the molecule is CCCCc1ccc(N(C)Cn2nnc3cc(C)ccc32)cc1. The summed E-state index contributed by atoms with van der Waals surface area (Å²) in [6, 6.07) is 15.1. The van der Waals surface area contributed by atoms with Crippen LogP contribution in [0, 0.1) is 6.92 Å². The van der Waals surface area contributed by atoms with Crippen molar-refractivity contribution in [2.24, 2.45) is 0 Å². The highest BCUT2D eigenvalue weighted by Crippen LogP contribution is 2.18. The molecule has 0 spiro atoms. The first-order valence-electron chi connectivity index (χ1n) is 8.27. The van der Waals surface area contributed by atoms with Crippen molar-refractivity contribution in [1.29, 1.82) is 0 Å². The highest BCUT2D eigenvalue weighted by Gasteiger charge is 2.07. The van der Waals surface area contributed by atoms with E-state index in [0.29, 0.717) is 6.67 Å². The van der Waals surface area contributed by atoms with Gasteiger partial charge in [-0.2, -0.15) is 0 Å². The second-order valence-electron chi connectivity index (χ2n) is 6.19. The van der Waals surface area contributed by atoms with Crippen LogP contribution in [0.25, 0.3) is 11.0 Å². The lowest BCUT2D eigenvalue weighted by Gasteiger charge is -2.19. The van der Waals surface area contributed by atoms with Gasteiger partial charge >= 0.3 is 0 Å². The molecule has 120 valence electrons.